The Morgan fingerprint density at radius 2 is 1.16 bits per heavy atom. The van der Waals surface area contributed by atoms with E-state index in [0.29, 0.717) is 5.41 Å². The highest BCUT2D eigenvalue weighted by Gasteiger charge is 2.35. The largest absolute Gasteiger partial charge is 0.100 e. The molecule has 0 spiro atoms. The van der Waals surface area contributed by atoms with Gasteiger partial charge in [0.15, 0.2) is 0 Å². The molecule has 3 aromatic carbocycles. The van der Waals surface area contributed by atoms with E-state index in [1.807, 2.05) is 0 Å². The number of hydrogen-bond acceptors (Lipinski definition) is 0. The first kappa shape index (κ1) is 36.6. The van der Waals surface area contributed by atoms with E-state index >= 15 is 0 Å². The molecule has 3 aromatic rings. The second kappa shape index (κ2) is 15.6. The van der Waals surface area contributed by atoms with Crippen molar-refractivity contribution in [2.45, 2.75) is 103 Å². The number of benzene rings is 3. The molecule has 0 aliphatic rings. The highest BCUT2D eigenvalue weighted by molar-refractivity contribution is 5.46. The van der Waals surface area contributed by atoms with E-state index in [4.69, 9.17) is 0 Å². The topological polar surface area (TPSA) is 0 Å². The van der Waals surface area contributed by atoms with Crippen LogP contribution in [0.2, 0.25) is 0 Å². The Bertz CT molecular complexity index is 1030. The fourth-order valence-electron chi connectivity index (χ4n) is 4.22. The van der Waals surface area contributed by atoms with E-state index in [1.165, 1.54) is 39.0 Å². The summed E-state index contributed by atoms with van der Waals surface area (Å²) in [4.78, 5) is 0. The molecule has 0 fully saturated rings. The number of allylic oxidation sites excluding steroid dienone is 1. The van der Waals surface area contributed by atoms with E-state index in [2.05, 4.69) is 142 Å². The SMILES string of the molecule is C.C.C.C=C(C)CC(Cc1ccccc1)(c1ccc(C)cc1)c1cc(C)cc(C)c1.CC(C)C(C)(C)C. The average molecular weight is 503 g/mol. The van der Waals surface area contributed by atoms with Gasteiger partial charge in [-0.3, -0.25) is 0 Å². The summed E-state index contributed by atoms with van der Waals surface area (Å²) >= 11 is 0. The molecule has 0 bridgehead atoms. The van der Waals surface area contributed by atoms with Crippen LogP contribution in [0.4, 0.5) is 0 Å². The molecule has 0 radical (unpaired) electrons. The first-order valence-corrected chi connectivity index (χ1v) is 12.7. The Labute approximate surface area is 232 Å². The van der Waals surface area contributed by atoms with Crippen LogP contribution in [-0.4, -0.2) is 0 Å². The van der Waals surface area contributed by atoms with Crippen LogP contribution < -0.4 is 0 Å². The summed E-state index contributed by atoms with van der Waals surface area (Å²) in [7, 11) is 0. The van der Waals surface area contributed by atoms with Crippen molar-refractivity contribution in [2.24, 2.45) is 11.3 Å². The Morgan fingerprint density at radius 3 is 1.57 bits per heavy atom. The number of hydrogen-bond donors (Lipinski definition) is 0. The molecular formula is C37H58. The molecule has 1 atom stereocenters. The summed E-state index contributed by atoms with van der Waals surface area (Å²) in [5.74, 6) is 0.799. The molecule has 0 heteroatoms. The lowest BCUT2D eigenvalue weighted by atomic mass is 9.66. The third-order valence-corrected chi connectivity index (χ3v) is 7.06. The van der Waals surface area contributed by atoms with E-state index in [1.54, 1.807) is 0 Å². The molecular weight excluding hydrogens is 444 g/mol. The van der Waals surface area contributed by atoms with Gasteiger partial charge in [0.2, 0.25) is 0 Å². The predicted octanol–water partition coefficient (Wildman–Crippen LogP) is 11.7. The minimum absolute atomic E-state index is 0. The van der Waals surface area contributed by atoms with Crippen molar-refractivity contribution >= 4 is 0 Å². The molecule has 0 saturated carbocycles. The highest BCUT2D eigenvalue weighted by atomic mass is 14.4. The first-order chi connectivity index (χ1) is 15.8. The van der Waals surface area contributed by atoms with Gasteiger partial charge in [-0.15, -0.1) is 6.58 Å². The molecule has 0 saturated heterocycles. The Kier molecular flexibility index (Phi) is 15.4. The van der Waals surface area contributed by atoms with Gasteiger partial charge in [0.05, 0.1) is 0 Å². The molecule has 37 heavy (non-hydrogen) atoms. The molecule has 0 amide bonds. The first-order valence-electron chi connectivity index (χ1n) is 12.7. The molecule has 0 aromatic heterocycles. The second-order valence-electron chi connectivity index (χ2n) is 11.6. The van der Waals surface area contributed by atoms with E-state index < -0.39 is 0 Å². The Hall–Kier alpha value is -2.60. The van der Waals surface area contributed by atoms with Crippen LogP contribution >= 0.6 is 0 Å². The monoisotopic (exact) mass is 502 g/mol. The van der Waals surface area contributed by atoms with Crippen molar-refractivity contribution in [3.05, 3.63) is 118 Å². The van der Waals surface area contributed by atoms with Crippen LogP contribution in [0.15, 0.2) is 84.9 Å². The summed E-state index contributed by atoms with van der Waals surface area (Å²) < 4.78 is 0. The summed E-state index contributed by atoms with van der Waals surface area (Å²) in [6.07, 6.45) is 1.90. The van der Waals surface area contributed by atoms with Gasteiger partial charge in [-0.1, -0.05) is 152 Å². The molecule has 0 N–H and O–H groups in total. The summed E-state index contributed by atoms with van der Waals surface area (Å²) in [6, 6.07) is 26.9. The van der Waals surface area contributed by atoms with Crippen LogP contribution in [0.5, 0.6) is 0 Å². The maximum absolute atomic E-state index is 4.30. The van der Waals surface area contributed by atoms with E-state index in [9.17, 15) is 0 Å². The fourth-order valence-corrected chi connectivity index (χ4v) is 4.22. The van der Waals surface area contributed by atoms with Crippen LogP contribution in [-0.2, 0) is 11.8 Å². The van der Waals surface area contributed by atoms with Crippen LogP contribution in [0.3, 0.4) is 0 Å². The van der Waals surface area contributed by atoms with Gasteiger partial charge in [-0.05, 0) is 68.6 Å². The molecule has 1 unspecified atom stereocenters. The summed E-state index contributed by atoms with van der Waals surface area (Å²) in [5.41, 5.74) is 9.64. The summed E-state index contributed by atoms with van der Waals surface area (Å²) in [6.45, 7) is 24.3. The zero-order valence-electron chi connectivity index (χ0n) is 23.1. The van der Waals surface area contributed by atoms with Crippen LogP contribution in [0, 0.1) is 32.1 Å². The quantitative estimate of drug-likeness (QED) is 0.294. The van der Waals surface area contributed by atoms with Crippen molar-refractivity contribution < 1.29 is 0 Å². The van der Waals surface area contributed by atoms with E-state index in [0.717, 1.165) is 18.8 Å². The van der Waals surface area contributed by atoms with Crippen LogP contribution in [0.25, 0.3) is 0 Å². The van der Waals surface area contributed by atoms with Gasteiger partial charge >= 0.3 is 0 Å². The van der Waals surface area contributed by atoms with Gasteiger partial charge in [0.1, 0.15) is 0 Å². The summed E-state index contributed by atoms with van der Waals surface area (Å²) in [5, 5.41) is 0. The van der Waals surface area contributed by atoms with Crippen molar-refractivity contribution in [3.8, 4) is 0 Å². The molecule has 0 aliphatic heterocycles. The maximum atomic E-state index is 4.30. The smallest absolute Gasteiger partial charge is 0.0280 e. The highest BCUT2D eigenvalue weighted by Crippen LogP contribution is 2.42. The average Bonchev–Trinajstić information content (AvgIpc) is 2.73. The van der Waals surface area contributed by atoms with Crippen molar-refractivity contribution in [2.75, 3.05) is 0 Å². The third-order valence-electron chi connectivity index (χ3n) is 7.06. The normalized spacial score (nSPS) is 12.1. The lowest BCUT2D eigenvalue weighted by molar-refractivity contribution is 0.283. The minimum Gasteiger partial charge on any atom is -0.100 e. The fraction of sp³-hybridized carbons (Fsp3) is 0.459. The molecule has 3 rings (SSSR count). The van der Waals surface area contributed by atoms with Gasteiger partial charge in [0.25, 0.3) is 0 Å². The lowest BCUT2D eigenvalue weighted by Gasteiger charge is -2.37. The van der Waals surface area contributed by atoms with Gasteiger partial charge in [-0.25, -0.2) is 0 Å². The number of aryl methyl sites for hydroxylation is 3. The lowest BCUT2D eigenvalue weighted by Crippen LogP contribution is -2.31. The third kappa shape index (κ3) is 10.7. The van der Waals surface area contributed by atoms with Crippen molar-refractivity contribution in [3.63, 3.8) is 0 Å². The van der Waals surface area contributed by atoms with Gasteiger partial charge in [0, 0.05) is 5.41 Å². The van der Waals surface area contributed by atoms with Crippen LogP contribution in [0.1, 0.15) is 104 Å². The maximum Gasteiger partial charge on any atom is 0.0280 e. The van der Waals surface area contributed by atoms with Gasteiger partial charge in [-0.2, -0.15) is 0 Å². The number of rotatable bonds is 6. The minimum atomic E-state index is -0.113. The molecule has 0 aliphatic carbocycles. The Balaban J connectivity index is 0. The predicted molar refractivity (Wildman–Crippen MR) is 172 cm³/mol. The van der Waals surface area contributed by atoms with E-state index in [-0.39, 0.29) is 27.7 Å². The molecule has 206 valence electrons. The van der Waals surface area contributed by atoms with Crippen molar-refractivity contribution in [1.29, 1.82) is 0 Å². The standard InChI is InChI=1S/C27H30.C7H16.3CH4/c1-20(2)18-27(19-24-9-7-6-8-10-24,25-13-11-21(3)12-14-25)26-16-22(4)15-23(5)17-26;1-6(2)7(3,4)5;;;/h6-17H,1,18-19H2,2-5H3;6H,1-5H3;3*1H4. The molecule has 0 nitrogen and oxygen atoms in total. The zero-order chi connectivity index (χ0) is 25.5. The Morgan fingerprint density at radius 1 is 0.703 bits per heavy atom. The van der Waals surface area contributed by atoms with Crippen molar-refractivity contribution in [1.82, 2.24) is 0 Å². The molecule has 0 heterocycles. The zero-order valence-corrected chi connectivity index (χ0v) is 23.1. The second-order valence-corrected chi connectivity index (χ2v) is 11.6. The van der Waals surface area contributed by atoms with Gasteiger partial charge < -0.3 is 0 Å².